The van der Waals surface area contributed by atoms with Gasteiger partial charge in [0.2, 0.25) is 0 Å². The van der Waals surface area contributed by atoms with Gasteiger partial charge in [0, 0.05) is 17.8 Å². The molecule has 110 valence electrons. The van der Waals surface area contributed by atoms with E-state index >= 15 is 0 Å². The molecule has 2 aromatic rings. The van der Waals surface area contributed by atoms with Gasteiger partial charge in [-0.2, -0.15) is 0 Å². The van der Waals surface area contributed by atoms with Gasteiger partial charge in [-0.3, -0.25) is 4.79 Å². The fraction of sp³-hybridized carbons (Fsp3) is 0.278. The van der Waals surface area contributed by atoms with Crippen molar-refractivity contribution in [2.24, 2.45) is 0 Å². The van der Waals surface area contributed by atoms with Crippen molar-refractivity contribution in [3.63, 3.8) is 0 Å². The van der Waals surface area contributed by atoms with Crippen LogP contribution in [0.4, 0.5) is 5.69 Å². The minimum atomic E-state index is -0.0656. The van der Waals surface area contributed by atoms with Gasteiger partial charge in [0.15, 0.2) is 0 Å². The first kappa shape index (κ1) is 15.1. The molecule has 0 saturated heterocycles. The summed E-state index contributed by atoms with van der Waals surface area (Å²) in [5.41, 5.74) is 11.7. The van der Waals surface area contributed by atoms with Crippen molar-refractivity contribution in [2.75, 3.05) is 12.3 Å². The minimum Gasteiger partial charge on any atom is -0.399 e. The number of nitrogens with two attached hydrogens (primary N) is 1. The molecule has 0 fully saturated rings. The Kier molecular flexibility index (Phi) is 4.63. The smallest absolute Gasteiger partial charge is 0.251 e. The van der Waals surface area contributed by atoms with Gasteiger partial charge in [0.25, 0.3) is 5.91 Å². The van der Waals surface area contributed by atoms with Gasteiger partial charge >= 0.3 is 0 Å². The maximum absolute atomic E-state index is 12.2. The van der Waals surface area contributed by atoms with Crippen LogP contribution in [0.1, 0.15) is 32.6 Å². The molecular formula is C18H22N2O. The second-order valence-electron chi connectivity index (χ2n) is 5.58. The molecule has 0 bridgehead atoms. The van der Waals surface area contributed by atoms with Gasteiger partial charge in [0.05, 0.1) is 0 Å². The molecule has 0 aliphatic carbocycles. The van der Waals surface area contributed by atoms with E-state index in [4.69, 9.17) is 5.73 Å². The molecule has 1 amide bonds. The predicted octanol–water partition coefficient (Wildman–Crippen LogP) is 3.17. The third-order valence-electron chi connectivity index (χ3n) is 3.49. The van der Waals surface area contributed by atoms with Crippen LogP contribution < -0.4 is 11.1 Å². The van der Waals surface area contributed by atoms with Crippen molar-refractivity contribution in [1.29, 1.82) is 0 Å². The van der Waals surface area contributed by atoms with Gasteiger partial charge in [-0.25, -0.2) is 0 Å². The Hall–Kier alpha value is -2.29. The van der Waals surface area contributed by atoms with E-state index in [1.807, 2.05) is 19.1 Å². The molecule has 0 aliphatic heterocycles. The quantitative estimate of drug-likeness (QED) is 0.846. The third kappa shape index (κ3) is 4.09. The van der Waals surface area contributed by atoms with Gasteiger partial charge in [-0.1, -0.05) is 35.4 Å². The molecule has 0 heterocycles. The number of aryl methyl sites for hydroxylation is 3. The summed E-state index contributed by atoms with van der Waals surface area (Å²) in [5, 5.41) is 2.96. The van der Waals surface area contributed by atoms with E-state index in [0.717, 1.165) is 12.0 Å². The van der Waals surface area contributed by atoms with E-state index in [2.05, 4.69) is 37.4 Å². The number of carbonyl (C=O) groups is 1. The first-order valence-corrected chi connectivity index (χ1v) is 7.17. The SMILES string of the molecule is Cc1cc(C)cc(CCNC(=O)c2cc(N)ccc2C)c1. The number of anilines is 1. The number of amides is 1. The number of hydrogen-bond donors (Lipinski definition) is 2. The van der Waals surface area contributed by atoms with Crippen LogP contribution in [-0.4, -0.2) is 12.5 Å². The molecular weight excluding hydrogens is 260 g/mol. The molecule has 21 heavy (non-hydrogen) atoms. The van der Waals surface area contributed by atoms with Gasteiger partial charge < -0.3 is 11.1 Å². The molecule has 3 heteroatoms. The highest BCUT2D eigenvalue weighted by Crippen LogP contribution is 2.13. The number of hydrogen-bond acceptors (Lipinski definition) is 2. The van der Waals surface area contributed by atoms with E-state index in [9.17, 15) is 4.79 Å². The molecule has 3 N–H and O–H groups in total. The average molecular weight is 282 g/mol. The highest BCUT2D eigenvalue weighted by atomic mass is 16.1. The molecule has 0 aromatic heterocycles. The van der Waals surface area contributed by atoms with Gasteiger partial charge in [-0.05, 0) is 50.5 Å². The molecule has 3 nitrogen and oxygen atoms in total. The summed E-state index contributed by atoms with van der Waals surface area (Å²) in [4.78, 5) is 12.2. The van der Waals surface area contributed by atoms with Crippen molar-refractivity contribution >= 4 is 11.6 Å². The molecule has 0 saturated carbocycles. The Labute approximate surface area is 126 Å². The first-order valence-electron chi connectivity index (χ1n) is 7.17. The Bertz CT molecular complexity index is 642. The highest BCUT2D eigenvalue weighted by Gasteiger charge is 2.08. The number of nitrogens with one attached hydrogen (secondary N) is 1. The second-order valence-corrected chi connectivity index (χ2v) is 5.58. The lowest BCUT2D eigenvalue weighted by molar-refractivity contribution is 0.0953. The number of rotatable bonds is 4. The predicted molar refractivity (Wildman–Crippen MR) is 87.5 cm³/mol. The number of carbonyl (C=O) groups excluding carboxylic acids is 1. The molecule has 0 radical (unpaired) electrons. The van der Waals surface area contributed by atoms with Crippen LogP contribution in [-0.2, 0) is 6.42 Å². The van der Waals surface area contributed by atoms with Crippen molar-refractivity contribution in [3.8, 4) is 0 Å². The first-order chi connectivity index (χ1) is 9.95. The summed E-state index contributed by atoms with van der Waals surface area (Å²) in [7, 11) is 0. The van der Waals surface area contributed by atoms with Gasteiger partial charge in [0.1, 0.15) is 0 Å². The average Bonchev–Trinajstić information content (AvgIpc) is 2.40. The fourth-order valence-corrected chi connectivity index (χ4v) is 2.51. The van der Waals surface area contributed by atoms with Crippen LogP contribution in [0, 0.1) is 20.8 Å². The number of benzene rings is 2. The lowest BCUT2D eigenvalue weighted by Crippen LogP contribution is -2.26. The fourth-order valence-electron chi connectivity index (χ4n) is 2.51. The van der Waals surface area contributed by atoms with Crippen molar-refractivity contribution in [3.05, 3.63) is 64.2 Å². The minimum absolute atomic E-state index is 0.0656. The van der Waals surface area contributed by atoms with Crippen LogP contribution in [0.5, 0.6) is 0 Å². The second kappa shape index (κ2) is 6.44. The maximum atomic E-state index is 12.2. The molecule has 0 aliphatic rings. The van der Waals surface area contributed by atoms with Crippen LogP contribution in [0.3, 0.4) is 0 Å². The lowest BCUT2D eigenvalue weighted by Gasteiger charge is -2.09. The zero-order chi connectivity index (χ0) is 15.4. The van der Waals surface area contributed by atoms with E-state index < -0.39 is 0 Å². The van der Waals surface area contributed by atoms with Crippen LogP contribution in [0.15, 0.2) is 36.4 Å². The zero-order valence-corrected chi connectivity index (χ0v) is 12.9. The normalized spacial score (nSPS) is 10.4. The lowest BCUT2D eigenvalue weighted by atomic mass is 10.0. The van der Waals surface area contributed by atoms with E-state index in [-0.39, 0.29) is 5.91 Å². The van der Waals surface area contributed by atoms with Crippen molar-refractivity contribution in [1.82, 2.24) is 5.32 Å². The van der Waals surface area contributed by atoms with Crippen molar-refractivity contribution in [2.45, 2.75) is 27.2 Å². The molecule has 2 aromatic carbocycles. The van der Waals surface area contributed by atoms with Crippen LogP contribution in [0.25, 0.3) is 0 Å². The number of nitrogen functional groups attached to an aromatic ring is 1. The standard InChI is InChI=1S/C18H22N2O/c1-12-8-13(2)10-15(9-12)6-7-20-18(21)17-11-16(19)5-4-14(17)3/h4-5,8-11H,6-7,19H2,1-3H3,(H,20,21). The Balaban J connectivity index is 1.96. The summed E-state index contributed by atoms with van der Waals surface area (Å²) >= 11 is 0. The van der Waals surface area contributed by atoms with E-state index in [1.54, 1.807) is 6.07 Å². The Morgan fingerprint density at radius 1 is 1.05 bits per heavy atom. The van der Waals surface area contributed by atoms with Gasteiger partial charge in [-0.15, -0.1) is 0 Å². The largest absolute Gasteiger partial charge is 0.399 e. The Morgan fingerprint density at radius 3 is 2.38 bits per heavy atom. The summed E-state index contributed by atoms with van der Waals surface area (Å²) in [5.74, 6) is -0.0656. The van der Waals surface area contributed by atoms with E-state index in [0.29, 0.717) is 17.8 Å². The highest BCUT2D eigenvalue weighted by molar-refractivity contribution is 5.96. The van der Waals surface area contributed by atoms with E-state index in [1.165, 1.54) is 16.7 Å². The Morgan fingerprint density at radius 2 is 1.71 bits per heavy atom. The van der Waals surface area contributed by atoms with Crippen molar-refractivity contribution < 1.29 is 4.79 Å². The maximum Gasteiger partial charge on any atom is 0.251 e. The topological polar surface area (TPSA) is 55.1 Å². The van der Waals surface area contributed by atoms with Crippen LogP contribution >= 0.6 is 0 Å². The summed E-state index contributed by atoms with van der Waals surface area (Å²) in [6, 6.07) is 11.9. The summed E-state index contributed by atoms with van der Waals surface area (Å²) in [6.07, 6.45) is 0.829. The zero-order valence-electron chi connectivity index (χ0n) is 12.9. The third-order valence-corrected chi connectivity index (χ3v) is 3.49. The van der Waals surface area contributed by atoms with Crippen LogP contribution in [0.2, 0.25) is 0 Å². The summed E-state index contributed by atoms with van der Waals surface area (Å²) in [6.45, 7) is 6.71. The molecule has 0 unspecified atom stereocenters. The summed E-state index contributed by atoms with van der Waals surface area (Å²) < 4.78 is 0. The monoisotopic (exact) mass is 282 g/mol. The molecule has 0 atom stereocenters. The molecule has 0 spiro atoms. The molecule has 2 rings (SSSR count).